The lowest BCUT2D eigenvalue weighted by Crippen LogP contribution is -2.42. The molecule has 124 valence electrons. The Morgan fingerprint density at radius 1 is 1.29 bits per heavy atom. The molecular weight excluding hydrogens is 329 g/mol. The highest BCUT2D eigenvalue weighted by Gasteiger charge is 2.29. The summed E-state index contributed by atoms with van der Waals surface area (Å²) in [4.78, 5) is 15.1. The molecular formula is C16H16FN5OS. The molecule has 4 rings (SSSR count). The molecule has 24 heavy (non-hydrogen) atoms. The summed E-state index contributed by atoms with van der Waals surface area (Å²) in [5.74, 6) is -0.322. The van der Waals surface area contributed by atoms with E-state index in [1.807, 2.05) is 11.8 Å². The largest absolute Gasteiger partial charge is 0.333 e. The number of carbonyl (C=O) groups is 1. The molecule has 1 amide bonds. The van der Waals surface area contributed by atoms with Crippen LogP contribution < -0.4 is 0 Å². The minimum atomic E-state index is -0.347. The van der Waals surface area contributed by atoms with Crippen molar-refractivity contribution >= 4 is 22.2 Å². The molecule has 0 radical (unpaired) electrons. The Hall–Kier alpha value is -2.35. The highest BCUT2D eigenvalue weighted by atomic mass is 32.1. The molecule has 6 nitrogen and oxygen atoms in total. The lowest BCUT2D eigenvalue weighted by atomic mass is 10.0. The monoisotopic (exact) mass is 345 g/mol. The van der Waals surface area contributed by atoms with Crippen LogP contribution in [0.2, 0.25) is 0 Å². The Bertz CT molecular complexity index is 905. The Morgan fingerprint density at radius 2 is 2.12 bits per heavy atom. The zero-order valence-corrected chi connectivity index (χ0v) is 14.0. The topological polar surface area (TPSA) is 63.4 Å². The van der Waals surface area contributed by atoms with Crippen molar-refractivity contribution in [3.8, 4) is 10.6 Å². The maximum absolute atomic E-state index is 14.0. The van der Waals surface area contributed by atoms with Crippen molar-refractivity contribution in [1.29, 1.82) is 0 Å². The molecule has 3 heterocycles. The smallest absolute Gasteiger partial charge is 0.293 e. The van der Waals surface area contributed by atoms with Crippen LogP contribution in [0.4, 0.5) is 4.39 Å². The van der Waals surface area contributed by atoms with Gasteiger partial charge in [-0.1, -0.05) is 23.5 Å². The highest BCUT2D eigenvalue weighted by Crippen LogP contribution is 2.28. The van der Waals surface area contributed by atoms with Crippen LogP contribution in [0.15, 0.2) is 24.3 Å². The first-order valence-corrected chi connectivity index (χ1v) is 8.75. The average Bonchev–Trinajstić information content (AvgIpc) is 3.15. The van der Waals surface area contributed by atoms with E-state index in [1.54, 1.807) is 18.2 Å². The molecule has 8 heteroatoms. The van der Waals surface area contributed by atoms with Crippen LogP contribution in [-0.2, 0) is 0 Å². The van der Waals surface area contributed by atoms with Crippen molar-refractivity contribution in [2.45, 2.75) is 32.2 Å². The normalized spacial score (nSPS) is 18.2. The van der Waals surface area contributed by atoms with Gasteiger partial charge in [-0.2, -0.15) is 9.61 Å². The maximum atomic E-state index is 14.0. The Kier molecular flexibility index (Phi) is 3.76. The summed E-state index contributed by atoms with van der Waals surface area (Å²) in [5, 5.41) is 12.9. The van der Waals surface area contributed by atoms with E-state index >= 15 is 0 Å². The second-order valence-electron chi connectivity index (χ2n) is 5.95. The van der Waals surface area contributed by atoms with E-state index in [0.717, 1.165) is 25.8 Å². The number of nitrogens with zero attached hydrogens (tertiary/aromatic N) is 5. The number of hydrogen-bond acceptors (Lipinski definition) is 5. The number of benzene rings is 1. The third-order valence-corrected chi connectivity index (χ3v) is 5.28. The lowest BCUT2D eigenvalue weighted by molar-refractivity contribution is 0.0620. The van der Waals surface area contributed by atoms with E-state index in [2.05, 4.69) is 15.3 Å². The quantitative estimate of drug-likeness (QED) is 0.716. The van der Waals surface area contributed by atoms with Crippen LogP contribution in [0.25, 0.3) is 15.5 Å². The first-order valence-electron chi connectivity index (χ1n) is 7.93. The fourth-order valence-electron chi connectivity index (χ4n) is 3.02. The molecule has 3 aromatic rings. The fraction of sp³-hybridized carbons (Fsp3) is 0.375. The Labute approximate surface area is 141 Å². The number of likely N-dealkylation sites (tertiary alicyclic amines) is 1. The molecule has 0 N–H and O–H groups in total. The van der Waals surface area contributed by atoms with E-state index in [1.165, 1.54) is 21.9 Å². The van der Waals surface area contributed by atoms with Gasteiger partial charge in [0.15, 0.2) is 5.01 Å². The lowest BCUT2D eigenvalue weighted by Gasteiger charge is -2.32. The summed E-state index contributed by atoms with van der Waals surface area (Å²) in [6.45, 7) is 2.76. The number of piperidine rings is 1. The van der Waals surface area contributed by atoms with Crippen LogP contribution in [0.5, 0.6) is 0 Å². The molecule has 1 fully saturated rings. The van der Waals surface area contributed by atoms with Crippen LogP contribution >= 0.6 is 11.3 Å². The van der Waals surface area contributed by atoms with Crippen LogP contribution in [0.1, 0.15) is 36.8 Å². The molecule has 0 saturated carbocycles. The van der Waals surface area contributed by atoms with Gasteiger partial charge in [0.25, 0.3) is 5.91 Å². The van der Waals surface area contributed by atoms with E-state index in [9.17, 15) is 9.18 Å². The maximum Gasteiger partial charge on any atom is 0.293 e. The molecule has 1 aliphatic rings. The van der Waals surface area contributed by atoms with Crippen molar-refractivity contribution in [2.75, 3.05) is 6.54 Å². The first-order chi connectivity index (χ1) is 11.6. The van der Waals surface area contributed by atoms with Crippen LogP contribution in [-0.4, -0.2) is 43.2 Å². The summed E-state index contributed by atoms with van der Waals surface area (Å²) in [7, 11) is 0. The number of rotatable bonds is 2. The molecule has 0 spiro atoms. The van der Waals surface area contributed by atoms with Gasteiger partial charge in [0.05, 0.1) is 0 Å². The number of amides is 1. The number of halogens is 1. The van der Waals surface area contributed by atoms with Crippen molar-refractivity contribution in [3.05, 3.63) is 35.9 Å². The zero-order chi connectivity index (χ0) is 16.7. The SMILES string of the molecule is CC1CCCCN1C(=O)c1nnc2sc(-c3ccccc3F)nn12. The van der Waals surface area contributed by atoms with Crippen LogP contribution in [0, 0.1) is 5.82 Å². The number of hydrogen-bond donors (Lipinski definition) is 0. The van der Waals surface area contributed by atoms with Gasteiger partial charge in [0.2, 0.25) is 10.8 Å². The molecule has 1 saturated heterocycles. The highest BCUT2D eigenvalue weighted by molar-refractivity contribution is 7.19. The first kappa shape index (κ1) is 15.2. The van der Waals surface area contributed by atoms with E-state index in [4.69, 9.17) is 0 Å². The minimum absolute atomic E-state index is 0.167. The summed E-state index contributed by atoms with van der Waals surface area (Å²) in [6, 6.07) is 6.62. The number of aromatic nitrogens is 4. The predicted octanol–water partition coefficient (Wildman–Crippen LogP) is 3.01. The Balaban J connectivity index is 1.72. The second-order valence-corrected chi connectivity index (χ2v) is 6.90. The standard InChI is InChI=1S/C16H16FN5OS/c1-10-6-4-5-9-21(10)15(23)13-18-19-16-22(13)20-14(24-16)11-7-2-3-8-12(11)17/h2-3,7-8,10H,4-6,9H2,1H3. The van der Waals surface area contributed by atoms with Gasteiger partial charge in [-0.05, 0) is 38.3 Å². The van der Waals surface area contributed by atoms with Gasteiger partial charge in [-0.25, -0.2) is 4.39 Å². The molecule has 1 atom stereocenters. The van der Waals surface area contributed by atoms with Crippen LogP contribution in [0.3, 0.4) is 0 Å². The van der Waals surface area contributed by atoms with E-state index in [0.29, 0.717) is 15.5 Å². The summed E-state index contributed by atoms with van der Waals surface area (Å²) >= 11 is 1.22. The third kappa shape index (κ3) is 2.47. The van der Waals surface area contributed by atoms with E-state index < -0.39 is 0 Å². The fourth-order valence-corrected chi connectivity index (χ4v) is 3.89. The van der Waals surface area contributed by atoms with Crippen molar-refractivity contribution in [1.82, 2.24) is 24.7 Å². The average molecular weight is 345 g/mol. The second kappa shape index (κ2) is 5.94. The molecule has 1 aromatic carbocycles. The number of carbonyl (C=O) groups excluding carboxylic acids is 1. The molecule has 0 aliphatic carbocycles. The summed E-state index contributed by atoms with van der Waals surface area (Å²) in [6.07, 6.45) is 3.12. The number of fused-ring (bicyclic) bond motifs is 1. The molecule has 1 aliphatic heterocycles. The van der Waals surface area contributed by atoms with Crippen molar-refractivity contribution < 1.29 is 9.18 Å². The minimum Gasteiger partial charge on any atom is -0.333 e. The van der Waals surface area contributed by atoms with E-state index in [-0.39, 0.29) is 23.6 Å². The zero-order valence-electron chi connectivity index (χ0n) is 13.1. The summed E-state index contributed by atoms with van der Waals surface area (Å²) < 4.78 is 15.4. The summed E-state index contributed by atoms with van der Waals surface area (Å²) in [5.41, 5.74) is 0.401. The van der Waals surface area contributed by atoms with Gasteiger partial charge in [0.1, 0.15) is 5.82 Å². The van der Waals surface area contributed by atoms with Gasteiger partial charge in [0, 0.05) is 18.2 Å². The molecule has 0 bridgehead atoms. The predicted molar refractivity (Wildman–Crippen MR) is 88.4 cm³/mol. The Morgan fingerprint density at radius 3 is 2.92 bits per heavy atom. The molecule has 1 unspecified atom stereocenters. The van der Waals surface area contributed by atoms with Crippen molar-refractivity contribution in [3.63, 3.8) is 0 Å². The van der Waals surface area contributed by atoms with Gasteiger partial charge < -0.3 is 4.90 Å². The molecule has 2 aromatic heterocycles. The van der Waals surface area contributed by atoms with Crippen molar-refractivity contribution in [2.24, 2.45) is 0 Å². The van der Waals surface area contributed by atoms with Gasteiger partial charge in [-0.3, -0.25) is 4.79 Å². The van der Waals surface area contributed by atoms with Gasteiger partial charge in [-0.15, -0.1) is 10.2 Å². The third-order valence-electron chi connectivity index (χ3n) is 4.35. The van der Waals surface area contributed by atoms with Gasteiger partial charge >= 0.3 is 0 Å².